The van der Waals surface area contributed by atoms with Crippen LogP contribution in [0.25, 0.3) is 0 Å². The number of ketones is 1. The minimum Gasteiger partial charge on any atom is -0.287 e. The lowest BCUT2D eigenvalue weighted by Crippen LogP contribution is -2.08. The molecule has 4 heteroatoms. The van der Waals surface area contributed by atoms with Crippen LogP contribution in [0, 0.1) is 5.82 Å². The third-order valence-electron chi connectivity index (χ3n) is 2.16. The molecular weight excluding hydrogens is 195 g/mol. The van der Waals surface area contributed by atoms with E-state index in [4.69, 9.17) is 0 Å². The summed E-state index contributed by atoms with van der Waals surface area (Å²) in [4.78, 5) is 11.9. The molecule has 0 spiro atoms. The van der Waals surface area contributed by atoms with E-state index in [1.54, 1.807) is 19.3 Å². The first-order valence-corrected chi connectivity index (χ1v) is 4.47. The van der Waals surface area contributed by atoms with E-state index in [2.05, 4.69) is 5.10 Å². The van der Waals surface area contributed by atoms with Crippen molar-refractivity contribution < 1.29 is 9.18 Å². The lowest BCUT2D eigenvalue weighted by atomic mass is 10.1. The van der Waals surface area contributed by atoms with E-state index in [0.717, 1.165) is 0 Å². The normalized spacial score (nSPS) is 10.3. The van der Waals surface area contributed by atoms with E-state index in [1.165, 1.54) is 28.9 Å². The smallest absolute Gasteiger partial charge is 0.211 e. The van der Waals surface area contributed by atoms with Gasteiger partial charge in [0.1, 0.15) is 11.5 Å². The molecule has 0 atom stereocenters. The van der Waals surface area contributed by atoms with Crippen LogP contribution in [0.3, 0.4) is 0 Å². The lowest BCUT2D eigenvalue weighted by Gasteiger charge is -2.00. The fourth-order valence-corrected chi connectivity index (χ4v) is 1.35. The maximum atomic E-state index is 12.6. The number of benzene rings is 1. The van der Waals surface area contributed by atoms with Gasteiger partial charge in [0.15, 0.2) is 0 Å². The first kappa shape index (κ1) is 9.58. The van der Waals surface area contributed by atoms with Crippen molar-refractivity contribution >= 4 is 5.78 Å². The third-order valence-corrected chi connectivity index (χ3v) is 2.16. The van der Waals surface area contributed by atoms with Crippen molar-refractivity contribution in [1.82, 2.24) is 9.78 Å². The molecule has 1 aromatic heterocycles. The van der Waals surface area contributed by atoms with E-state index in [0.29, 0.717) is 11.3 Å². The summed E-state index contributed by atoms with van der Waals surface area (Å²) < 4.78 is 14.1. The van der Waals surface area contributed by atoms with Gasteiger partial charge in [-0.2, -0.15) is 5.10 Å². The van der Waals surface area contributed by atoms with Gasteiger partial charge in [0.05, 0.1) is 0 Å². The SMILES string of the molecule is Cn1nccc1C(=O)c1ccc(F)cc1. The van der Waals surface area contributed by atoms with Gasteiger partial charge in [0.25, 0.3) is 0 Å². The number of carbonyl (C=O) groups excluding carboxylic acids is 1. The van der Waals surface area contributed by atoms with E-state index >= 15 is 0 Å². The van der Waals surface area contributed by atoms with Gasteiger partial charge in [0, 0.05) is 18.8 Å². The first-order chi connectivity index (χ1) is 7.18. The summed E-state index contributed by atoms with van der Waals surface area (Å²) in [5.41, 5.74) is 0.946. The van der Waals surface area contributed by atoms with Crippen molar-refractivity contribution in [2.45, 2.75) is 0 Å². The highest BCUT2D eigenvalue weighted by Crippen LogP contribution is 2.09. The standard InChI is InChI=1S/C11H9FN2O/c1-14-10(6-7-13-14)11(15)8-2-4-9(12)5-3-8/h2-7H,1H3. The molecule has 0 amide bonds. The lowest BCUT2D eigenvalue weighted by molar-refractivity contribution is 0.103. The predicted octanol–water partition coefficient (Wildman–Crippen LogP) is 1.79. The molecule has 0 saturated heterocycles. The van der Waals surface area contributed by atoms with Gasteiger partial charge in [-0.25, -0.2) is 4.39 Å². The Morgan fingerprint density at radius 2 is 1.93 bits per heavy atom. The molecule has 3 nitrogen and oxygen atoms in total. The molecule has 0 radical (unpaired) electrons. The van der Waals surface area contributed by atoms with E-state index < -0.39 is 0 Å². The molecule has 0 aliphatic heterocycles. The highest BCUT2D eigenvalue weighted by molar-refractivity contribution is 6.07. The Bertz CT molecular complexity index is 488. The van der Waals surface area contributed by atoms with Crippen LogP contribution in [-0.2, 0) is 7.05 Å². The third kappa shape index (κ3) is 1.79. The molecule has 0 aliphatic carbocycles. The van der Waals surface area contributed by atoms with Crippen molar-refractivity contribution in [1.29, 1.82) is 0 Å². The fourth-order valence-electron chi connectivity index (χ4n) is 1.35. The second-order valence-electron chi connectivity index (χ2n) is 3.18. The van der Waals surface area contributed by atoms with Crippen LogP contribution < -0.4 is 0 Å². The average Bonchev–Trinajstić information content (AvgIpc) is 2.65. The number of halogens is 1. The van der Waals surface area contributed by atoms with Gasteiger partial charge in [-0.05, 0) is 30.3 Å². The molecule has 2 aromatic rings. The zero-order valence-corrected chi connectivity index (χ0v) is 8.14. The summed E-state index contributed by atoms with van der Waals surface area (Å²) in [5.74, 6) is -0.508. The molecule has 2 rings (SSSR count). The van der Waals surface area contributed by atoms with Crippen molar-refractivity contribution in [2.75, 3.05) is 0 Å². The predicted molar refractivity (Wildman–Crippen MR) is 53.0 cm³/mol. The largest absolute Gasteiger partial charge is 0.287 e. The number of hydrogen-bond acceptors (Lipinski definition) is 2. The number of hydrogen-bond donors (Lipinski definition) is 0. The van der Waals surface area contributed by atoms with Crippen LogP contribution in [0.2, 0.25) is 0 Å². The maximum Gasteiger partial charge on any atom is 0.211 e. The Morgan fingerprint density at radius 1 is 1.27 bits per heavy atom. The van der Waals surface area contributed by atoms with Crippen LogP contribution in [-0.4, -0.2) is 15.6 Å². The molecule has 0 unspecified atom stereocenters. The number of aryl methyl sites for hydroxylation is 1. The molecule has 0 fully saturated rings. The second kappa shape index (κ2) is 3.65. The van der Waals surface area contributed by atoms with Crippen LogP contribution in [0.1, 0.15) is 16.1 Å². The van der Waals surface area contributed by atoms with Gasteiger partial charge in [0.2, 0.25) is 5.78 Å². The zero-order chi connectivity index (χ0) is 10.8. The Labute approximate surface area is 86.2 Å². The van der Waals surface area contributed by atoms with Crippen LogP contribution in [0.15, 0.2) is 36.5 Å². The van der Waals surface area contributed by atoms with Crippen molar-refractivity contribution in [3.05, 3.63) is 53.6 Å². The molecule has 1 aromatic carbocycles. The molecule has 15 heavy (non-hydrogen) atoms. The maximum absolute atomic E-state index is 12.6. The second-order valence-corrected chi connectivity index (χ2v) is 3.18. The topological polar surface area (TPSA) is 34.9 Å². The average molecular weight is 204 g/mol. The summed E-state index contributed by atoms with van der Waals surface area (Å²) in [6, 6.07) is 7.09. The van der Waals surface area contributed by atoms with Gasteiger partial charge in [-0.15, -0.1) is 0 Å². The molecule has 0 aliphatic rings. The number of rotatable bonds is 2. The summed E-state index contributed by atoms with van der Waals surface area (Å²) >= 11 is 0. The van der Waals surface area contributed by atoms with Gasteiger partial charge >= 0.3 is 0 Å². The molecular formula is C11H9FN2O. The molecule has 0 bridgehead atoms. The van der Waals surface area contributed by atoms with Gasteiger partial charge in [-0.3, -0.25) is 9.48 Å². The van der Waals surface area contributed by atoms with Crippen molar-refractivity contribution in [3.8, 4) is 0 Å². The summed E-state index contributed by atoms with van der Waals surface area (Å²) in [7, 11) is 1.69. The highest BCUT2D eigenvalue weighted by Gasteiger charge is 2.12. The van der Waals surface area contributed by atoms with Crippen molar-refractivity contribution in [3.63, 3.8) is 0 Å². The highest BCUT2D eigenvalue weighted by atomic mass is 19.1. The van der Waals surface area contributed by atoms with E-state index in [1.807, 2.05) is 0 Å². The van der Waals surface area contributed by atoms with Gasteiger partial charge < -0.3 is 0 Å². The minimum atomic E-state index is -0.350. The molecule has 0 saturated carbocycles. The summed E-state index contributed by atoms with van der Waals surface area (Å²) in [6.45, 7) is 0. The Morgan fingerprint density at radius 3 is 2.47 bits per heavy atom. The zero-order valence-electron chi connectivity index (χ0n) is 8.14. The number of aromatic nitrogens is 2. The number of nitrogens with zero attached hydrogens (tertiary/aromatic N) is 2. The first-order valence-electron chi connectivity index (χ1n) is 4.47. The molecule has 76 valence electrons. The monoisotopic (exact) mass is 204 g/mol. The summed E-state index contributed by atoms with van der Waals surface area (Å²) in [5, 5.41) is 3.90. The summed E-state index contributed by atoms with van der Waals surface area (Å²) in [6.07, 6.45) is 1.55. The quantitative estimate of drug-likeness (QED) is 0.699. The van der Waals surface area contributed by atoms with Crippen LogP contribution >= 0.6 is 0 Å². The molecule has 0 N–H and O–H groups in total. The van der Waals surface area contributed by atoms with E-state index in [9.17, 15) is 9.18 Å². The van der Waals surface area contributed by atoms with Gasteiger partial charge in [-0.1, -0.05) is 0 Å². The Balaban J connectivity index is 2.37. The Hall–Kier alpha value is -1.97. The fraction of sp³-hybridized carbons (Fsp3) is 0.0909. The van der Waals surface area contributed by atoms with Crippen molar-refractivity contribution in [2.24, 2.45) is 7.05 Å². The number of carbonyl (C=O) groups is 1. The Kier molecular flexibility index (Phi) is 2.33. The van der Waals surface area contributed by atoms with Crippen LogP contribution in [0.4, 0.5) is 4.39 Å². The van der Waals surface area contributed by atoms with E-state index in [-0.39, 0.29) is 11.6 Å². The van der Waals surface area contributed by atoms with Crippen LogP contribution in [0.5, 0.6) is 0 Å². The molecule has 1 heterocycles. The minimum absolute atomic E-state index is 0.157.